The van der Waals surface area contributed by atoms with Crippen LogP contribution < -0.4 is 15.8 Å². The van der Waals surface area contributed by atoms with Crippen LogP contribution in [-0.2, 0) is 25.1 Å². The van der Waals surface area contributed by atoms with E-state index in [2.05, 4.69) is 10.1 Å². The zero-order chi connectivity index (χ0) is 20.8. The molecule has 1 aromatic carbocycles. The van der Waals surface area contributed by atoms with E-state index >= 15 is 0 Å². The molecule has 0 aromatic heterocycles. The Balaban J connectivity index is 2.03. The molecule has 0 spiro atoms. The van der Waals surface area contributed by atoms with Crippen molar-refractivity contribution in [2.45, 2.75) is 36.8 Å². The highest BCUT2D eigenvalue weighted by atomic mass is 32.2. The lowest BCUT2D eigenvalue weighted by Crippen LogP contribution is -2.56. The molecular formula is C17H21F2N3O5S. The number of benzene rings is 1. The van der Waals surface area contributed by atoms with Crippen LogP contribution in [0, 0.1) is 11.3 Å². The average Bonchev–Trinajstić information content (AvgIpc) is 2.63. The highest BCUT2D eigenvalue weighted by Gasteiger charge is 2.36. The highest BCUT2D eigenvalue weighted by Crippen LogP contribution is 2.23. The second-order valence-electron chi connectivity index (χ2n) is 6.44. The molecule has 3 N–H and O–H groups in total. The van der Waals surface area contributed by atoms with Crippen LogP contribution in [0.5, 0.6) is 5.75 Å². The van der Waals surface area contributed by atoms with Gasteiger partial charge in [-0.15, -0.1) is 0 Å². The van der Waals surface area contributed by atoms with Crippen molar-refractivity contribution < 1.29 is 31.5 Å². The van der Waals surface area contributed by atoms with Gasteiger partial charge in [0.2, 0.25) is 5.91 Å². The van der Waals surface area contributed by atoms with Gasteiger partial charge in [-0.05, 0) is 6.07 Å². The summed E-state index contributed by atoms with van der Waals surface area (Å²) >= 11 is 0. The Morgan fingerprint density at radius 1 is 1.36 bits per heavy atom. The van der Waals surface area contributed by atoms with Crippen LogP contribution in [0.25, 0.3) is 0 Å². The molecule has 2 rings (SSSR count). The number of hydrogen-bond donors (Lipinski definition) is 2. The molecule has 28 heavy (non-hydrogen) atoms. The van der Waals surface area contributed by atoms with Crippen LogP contribution in [0.1, 0.15) is 18.4 Å². The Labute approximate surface area is 161 Å². The van der Waals surface area contributed by atoms with Gasteiger partial charge in [0.25, 0.3) is 0 Å². The van der Waals surface area contributed by atoms with Gasteiger partial charge in [-0.1, -0.05) is 18.2 Å². The van der Waals surface area contributed by atoms with E-state index in [1.807, 2.05) is 6.07 Å². The Morgan fingerprint density at radius 3 is 2.61 bits per heavy atom. The normalized spacial score (nSPS) is 17.5. The number of rotatable bonds is 8. The summed E-state index contributed by atoms with van der Waals surface area (Å²) in [6.45, 7) is -2.51. The molecule has 1 heterocycles. The van der Waals surface area contributed by atoms with E-state index in [0.29, 0.717) is 13.2 Å². The van der Waals surface area contributed by atoms with Crippen molar-refractivity contribution in [3.63, 3.8) is 0 Å². The number of ether oxygens (including phenoxy) is 2. The van der Waals surface area contributed by atoms with Crippen LogP contribution in [0.3, 0.4) is 0 Å². The molecule has 154 valence electrons. The van der Waals surface area contributed by atoms with E-state index in [0.717, 1.165) is 0 Å². The summed E-state index contributed by atoms with van der Waals surface area (Å²) in [6.07, 6.45) is 0.542. The monoisotopic (exact) mass is 417 g/mol. The fourth-order valence-corrected chi connectivity index (χ4v) is 4.32. The minimum Gasteiger partial charge on any atom is -0.435 e. The lowest BCUT2D eigenvalue weighted by Gasteiger charge is -2.32. The fraction of sp³-hybridized carbons (Fsp3) is 0.529. The van der Waals surface area contributed by atoms with Crippen LogP contribution in [-0.4, -0.2) is 51.5 Å². The number of nitrogens with zero attached hydrogens (tertiary/aromatic N) is 1. The standard InChI is InChI=1S/C17H21F2N3O5S/c18-16(19)27-14-4-2-1-3-12(14)9-28(24,25)10-13(21)15(23)22-17(11-20)5-7-26-8-6-17/h1-4,13,16H,5-10,21H2,(H,22,23)/t13-/m0/s1. The molecule has 1 aromatic rings. The van der Waals surface area contributed by atoms with E-state index < -0.39 is 45.4 Å². The number of alkyl halides is 2. The maximum absolute atomic E-state index is 12.5. The minimum atomic E-state index is -3.92. The second-order valence-corrected chi connectivity index (χ2v) is 8.55. The number of sulfone groups is 1. The van der Waals surface area contributed by atoms with Crippen molar-refractivity contribution in [1.82, 2.24) is 5.32 Å². The predicted molar refractivity (Wildman–Crippen MR) is 95.1 cm³/mol. The SMILES string of the molecule is N#CC1(NC(=O)[C@@H](N)CS(=O)(=O)Cc2ccccc2OC(F)F)CCOCC1. The summed E-state index contributed by atoms with van der Waals surface area (Å²) in [4.78, 5) is 12.3. The molecule has 1 aliphatic heterocycles. The zero-order valence-corrected chi connectivity index (χ0v) is 15.8. The Hall–Kier alpha value is -2.29. The molecule has 0 bridgehead atoms. The fourth-order valence-electron chi connectivity index (χ4n) is 2.79. The van der Waals surface area contributed by atoms with Gasteiger partial charge >= 0.3 is 6.61 Å². The van der Waals surface area contributed by atoms with E-state index in [-0.39, 0.29) is 24.2 Å². The number of nitriles is 1. The summed E-state index contributed by atoms with van der Waals surface area (Å²) in [5.41, 5.74) is 4.61. The van der Waals surface area contributed by atoms with Gasteiger partial charge in [0, 0.05) is 31.6 Å². The number of nitrogens with one attached hydrogen (secondary N) is 1. The first-order valence-electron chi connectivity index (χ1n) is 8.46. The van der Waals surface area contributed by atoms with Crippen LogP contribution in [0.15, 0.2) is 24.3 Å². The Morgan fingerprint density at radius 2 is 2.00 bits per heavy atom. The summed E-state index contributed by atoms with van der Waals surface area (Å²) in [5.74, 6) is -2.36. The second kappa shape index (κ2) is 9.27. The van der Waals surface area contributed by atoms with Crippen molar-refractivity contribution in [3.05, 3.63) is 29.8 Å². The lowest BCUT2D eigenvalue weighted by atomic mass is 9.91. The largest absolute Gasteiger partial charge is 0.435 e. The van der Waals surface area contributed by atoms with Crippen molar-refractivity contribution in [1.29, 1.82) is 5.26 Å². The number of carbonyl (C=O) groups is 1. The smallest absolute Gasteiger partial charge is 0.387 e. The summed E-state index contributed by atoms with van der Waals surface area (Å²) < 4.78 is 59.2. The van der Waals surface area contributed by atoms with Crippen LogP contribution >= 0.6 is 0 Å². The van der Waals surface area contributed by atoms with Gasteiger partial charge in [-0.25, -0.2) is 8.42 Å². The number of halogens is 2. The molecule has 1 saturated heterocycles. The van der Waals surface area contributed by atoms with E-state index in [4.69, 9.17) is 10.5 Å². The third-order valence-electron chi connectivity index (χ3n) is 4.26. The molecule has 0 radical (unpaired) electrons. The molecule has 1 fully saturated rings. The number of nitrogens with two attached hydrogens (primary N) is 1. The molecule has 1 amide bonds. The van der Waals surface area contributed by atoms with Crippen molar-refractivity contribution in [2.24, 2.45) is 5.73 Å². The third-order valence-corrected chi connectivity index (χ3v) is 5.88. The zero-order valence-electron chi connectivity index (χ0n) is 14.9. The number of amides is 1. The molecule has 0 aliphatic carbocycles. The van der Waals surface area contributed by atoms with Gasteiger partial charge in [0.15, 0.2) is 9.84 Å². The maximum atomic E-state index is 12.5. The first-order chi connectivity index (χ1) is 13.2. The molecule has 1 aliphatic rings. The van der Waals surface area contributed by atoms with Crippen molar-refractivity contribution in [2.75, 3.05) is 19.0 Å². The highest BCUT2D eigenvalue weighted by molar-refractivity contribution is 7.90. The van der Waals surface area contributed by atoms with Crippen LogP contribution in [0.4, 0.5) is 8.78 Å². The molecule has 0 saturated carbocycles. The first-order valence-corrected chi connectivity index (χ1v) is 10.3. The number of carbonyl (C=O) groups excluding carboxylic acids is 1. The minimum absolute atomic E-state index is 0.0355. The Bertz CT molecular complexity index is 835. The molecule has 0 unspecified atom stereocenters. The van der Waals surface area contributed by atoms with Crippen molar-refractivity contribution in [3.8, 4) is 11.8 Å². The van der Waals surface area contributed by atoms with Gasteiger partial charge in [0.1, 0.15) is 11.3 Å². The average molecular weight is 417 g/mol. The molecular weight excluding hydrogens is 396 g/mol. The lowest BCUT2D eigenvalue weighted by molar-refractivity contribution is -0.124. The van der Waals surface area contributed by atoms with Crippen LogP contribution in [0.2, 0.25) is 0 Å². The van der Waals surface area contributed by atoms with Gasteiger partial charge in [-0.2, -0.15) is 14.0 Å². The van der Waals surface area contributed by atoms with Gasteiger partial charge in [0.05, 0.1) is 23.6 Å². The van der Waals surface area contributed by atoms with Gasteiger partial charge < -0.3 is 20.5 Å². The number of hydrogen-bond acceptors (Lipinski definition) is 7. The summed E-state index contributed by atoms with van der Waals surface area (Å²) in [7, 11) is -3.92. The summed E-state index contributed by atoms with van der Waals surface area (Å²) in [5, 5.41) is 11.9. The van der Waals surface area contributed by atoms with E-state index in [9.17, 15) is 27.3 Å². The Kier molecular flexibility index (Phi) is 7.29. The van der Waals surface area contributed by atoms with Gasteiger partial charge in [-0.3, -0.25) is 4.79 Å². The summed E-state index contributed by atoms with van der Waals surface area (Å²) in [6, 6.07) is 6.10. The van der Waals surface area contributed by atoms with E-state index in [1.54, 1.807) is 0 Å². The quantitative estimate of drug-likeness (QED) is 0.637. The number of para-hydroxylation sites is 1. The molecule has 11 heteroatoms. The third kappa shape index (κ3) is 6.12. The molecule has 1 atom stereocenters. The first kappa shape index (κ1) is 22.0. The predicted octanol–water partition coefficient (Wildman–Crippen LogP) is 0.719. The van der Waals surface area contributed by atoms with Crippen molar-refractivity contribution >= 4 is 15.7 Å². The molecule has 8 nitrogen and oxygen atoms in total. The topological polar surface area (TPSA) is 132 Å². The van der Waals surface area contributed by atoms with E-state index in [1.165, 1.54) is 24.3 Å². The maximum Gasteiger partial charge on any atom is 0.387 e.